The molecule has 2 rings (SSSR count). The molecule has 1 aromatic carbocycles. The summed E-state index contributed by atoms with van der Waals surface area (Å²) in [5, 5.41) is 9.62. The van der Waals surface area contributed by atoms with Crippen molar-refractivity contribution in [1.29, 1.82) is 0 Å². The predicted molar refractivity (Wildman–Crippen MR) is 68.2 cm³/mol. The number of hydrogen-bond donors (Lipinski definition) is 1. The second kappa shape index (κ2) is 6.03. The highest BCUT2D eigenvalue weighted by molar-refractivity contribution is 5.34. The van der Waals surface area contributed by atoms with Gasteiger partial charge in [-0.3, -0.25) is 4.90 Å². The Morgan fingerprint density at radius 2 is 2.00 bits per heavy atom. The van der Waals surface area contributed by atoms with Gasteiger partial charge < -0.3 is 9.84 Å². The number of rotatable bonds is 5. The molecule has 1 aromatic rings. The Morgan fingerprint density at radius 3 is 2.71 bits per heavy atom. The number of benzene rings is 1. The van der Waals surface area contributed by atoms with E-state index in [4.69, 9.17) is 4.74 Å². The minimum absolute atomic E-state index is 0.474. The summed E-state index contributed by atoms with van der Waals surface area (Å²) in [5.41, 5.74) is 0.869. The minimum Gasteiger partial charge on any atom is -0.492 e. The molecular formula is C14H21NO2. The molecule has 0 saturated carbocycles. The summed E-state index contributed by atoms with van der Waals surface area (Å²) < 4.78 is 5.76. The van der Waals surface area contributed by atoms with Gasteiger partial charge in [-0.1, -0.05) is 18.2 Å². The molecule has 17 heavy (non-hydrogen) atoms. The first-order valence-corrected chi connectivity index (χ1v) is 6.39. The second-order valence-electron chi connectivity index (χ2n) is 4.61. The third kappa shape index (κ3) is 3.45. The number of nitrogens with zero attached hydrogens (tertiary/aromatic N) is 1. The van der Waals surface area contributed by atoms with Gasteiger partial charge in [0.25, 0.3) is 0 Å². The van der Waals surface area contributed by atoms with E-state index in [-0.39, 0.29) is 0 Å². The molecule has 1 N–H and O–H groups in total. The van der Waals surface area contributed by atoms with Crippen molar-refractivity contribution in [3.63, 3.8) is 0 Å². The Hall–Kier alpha value is -1.06. The van der Waals surface area contributed by atoms with Crippen molar-refractivity contribution in [2.24, 2.45) is 0 Å². The first kappa shape index (κ1) is 12.4. The molecule has 3 heteroatoms. The summed E-state index contributed by atoms with van der Waals surface area (Å²) in [6.07, 6.45) is 2.15. The van der Waals surface area contributed by atoms with Crippen LogP contribution in [0.5, 0.6) is 5.75 Å². The van der Waals surface area contributed by atoms with Crippen LogP contribution in [-0.4, -0.2) is 36.2 Å². The molecule has 0 bridgehead atoms. The van der Waals surface area contributed by atoms with E-state index < -0.39 is 6.10 Å². The first-order valence-electron chi connectivity index (χ1n) is 6.39. The predicted octanol–water partition coefficient (Wildman–Crippen LogP) is 2.21. The Bertz CT molecular complexity index is 346. The van der Waals surface area contributed by atoms with Crippen molar-refractivity contribution in [3.8, 4) is 5.75 Å². The van der Waals surface area contributed by atoms with Gasteiger partial charge in [-0.05, 0) is 38.9 Å². The molecule has 1 heterocycles. The number of aliphatic hydroxyl groups is 1. The van der Waals surface area contributed by atoms with E-state index in [1.807, 2.05) is 24.3 Å². The number of likely N-dealkylation sites (tertiary alicyclic amines) is 1. The smallest absolute Gasteiger partial charge is 0.125 e. The lowest BCUT2D eigenvalue weighted by atomic mass is 10.1. The topological polar surface area (TPSA) is 32.7 Å². The summed E-state index contributed by atoms with van der Waals surface area (Å²) in [6, 6.07) is 7.70. The van der Waals surface area contributed by atoms with E-state index in [9.17, 15) is 5.11 Å². The number of hydrogen-bond acceptors (Lipinski definition) is 3. The van der Waals surface area contributed by atoms with Gasteiger partial charge in [-0.15, -0.1) is 0 Å². The molecule has 3 nitrogen and oxygen atoms in total. The molecule has 1 fully saturated rings. The van der Waals surface area contributed by atoms with Crippen molar-refractivity contribution >= 4 is 0 Å². The van der Waals surface area contributed by atoms with E-state index in [1.165, 1.54) is 25.9 Å². The van der Waals surface area contributed by atoms with Crippen LogP contribution in [0.1, 0.15) is 31.4 Å². The van der Waals surface area contributed by atoms with Gasteiger partial charge in [0, 0.05) is 12.1 Å². The zero-order chi connectivity index (χ0) is 12.1. The Morgan fingerprint density at radius 1 is 1.29 bits per heavy atom. The van der Waals surface area contributed by atoms with Crippen LogP contribution >= 0.6 is 0 Å². The van der Waals surface area contributed by atoms with Crippen molar-refractivity contribution in [2.75, 3.05) is 26.2 Å². The number of aliphatic hydroxyl groups excluding tert-OH is 1. The van der Waals surface area contributed by atoms with Crippen LogP contribution in [0.3, 0.4) is 0 Å². The van der Waals surface area contributed by atoms with Crippen molar-refractivity contribution < 1.29 is 9.84 Å². The molecule has 94 valence electrons. The van der Waals surface area contributed by atoms with Crippen LogP contribution in [0.2, 0.25) is 0 Å². The van der Waals surface area contributed by atoms with E-state index in [0.29, 0.717) is 6.61 Å². The maximum absolute atomic E-state index is 9.62. The highest BCUT2D eigenvalue weighted by Gasteiger charge is 2.12. The fraction of sp³-hybridized carbons (Fsp3) is 0.571. The molecule has 1 saturated heterocycles. The molecule has 1 atom stereocenters. The lowest BCUT2D eigenvalue weighted by Crippen LogP contribution is -2.25. The largest absolute Gasteiger partial charge is 0.492 e. The molecular weight excluding hydrogens is 214 g/mol. The van der Waals surface area contributed by atoms with Crippen LogP contribution in [0.4, 0.5) is 0 Å². The second-order valence-corrected chi connectivity index (χ2v) is 4.61. The van der Waals surface area contributed by atoms with Crippen LogP contribution in [0, 0.1) is 0 Å². The minimum atomic E-state index is -0.474. The lowest BCUT2D eigenvalue weighted by Gasteiger charge is -2.17. The molecule has 0 aromatic heterocycles. The summed E-state index contributed by atoms with van der Waals surface area (Å²) in [7, 11) is 0. The van der Waals surface area contributed by atoms with Crippen molar-refractivity contribution in [2.45, 2.75) is 25.9 Å². The van der Waals surface area contributed by atoms with Gasteiger partial charge >= 0.3 is 0 Å². The summed E-state index contributed by atoms with van der Waals surface area (Å²) >= 11 is 0. The quantitative estimate of drug-likeness (QED) is 0.849. The molecule has 1 aliphatic heterocycles. The molecule has 0 unspecified atom stereocenters. The molecule has 1 aliphatic rings. The highest BCUT2D eigenvalue weighted by Crippen LogP contribution is 2.24. The van der Waals surface area contributed by atoms with Crippen molar-refractivity contribution in [3.05, 3.63) is 29.8 Å². The fourth-order valence-electron chi connectivity index (χ4n) is 2.25. The molecule has 0 radical (unpaired) electrons. The molecule has 0 aliphatic carbocycles. The van der Waals surface area contributed by atoms with Gasteiger partial charge in [0.1, 0.15) is 12.4 Å². The summed E-state index contributed by atoms with van der Waals surface area (Å²) in [5.74, 6) is 0.807. The summed E-state index contributed by atoms with van der Waals surface area (Å²) in [6.45, 7) is 5.84. The Balaban J connectivity index is 1.85. The summed E-state index contributed by atoms with van der Waals surface area (Å²) in [4.78, 5) is 2.42. The van der Waals surface area contributed by atoms with Crippen LogP contribution in [-0.2, 0) is 0 Å². The van der Waals surface area contributed by atoms with Gasteiger partial charge in [0.15, 0.2) is 0 Å². The van der Waals surface area contributed by atoms with Gasteiger partial charge in [0.2, 0.25) is 0 Å². The molecule has 0 amide bonds. The third-order valence-corrected chi connectivity index (χ3v) is 3.23. The average molecular weight is 235 g/mol. The van der Waals surface area contributed by atoms with E-state index in [1.54, 1.807) is 6.92 Å². The number of para-hydroxylation sites is 1. The van der Waals surface area contributed by atoms with Gasteiger partial charge in [0.05, 0.1) is 6.10 Å². The first-order chi connectivity index (χ1) is 8.27. The van der Waals surface area contributed by atoms with Crippen LogP contribution < -0.4 is 4.74 Å². The fourth-order valence-corrected chi connectivity index (χ4v) is 2.25. The third-order valence-electron chi connectivity index (χ3n) is 3.23. The standard InChI is InChI=1S/C14H21NO2/c1-12(16)13-6-2-3-7-14(13)17-11-10-15-8-4-5-9-15/h2-3,6-7,12,16H,4-5,8-11H2,1H3/t12-/m0/s1. The lowest BCUT2D eigenvalue weighted by molar-refractivity contribution is 0.186. The van der Waals surface area contributed by atoms with Gasteiger partial charge in [-0.25, -0.2) is 0 Å². The van der Waals surface area contributed by atoms with Crippen molar-refractivity contribution in [1.82, 2.24) is 4.90 Å². The van der Waals surface area contributed by atoms with Crippen LogP contribution in [0.25, 0.3) is 0 Å². The Labute approximate surface area is 103 Å². The average Bonchev–Trinajstić information content (AvgIpc) is 2.82. The van der Waals surface area contributed by atoms with Gasteiger partial charge in [-0.2, -0.15) is 0 Å². The number of ether oxygens (including phenoxy) is 1. The highest BCUT2D eigenvalue weighted by atomic mass is 16.5. The van der Waals surface area contributed by atoms with E-state index >= 15 is 0 Å². The zero-order valence-corrected chi connectivity index (χ0v) is 10.4. The van der Waals surface area contributed by atoms with E-state index in [0.717, 1.165) is 17.9 Å². The zero-order valence-electron chi connectivity index (χ0n) is 10.4. The van der Waals surface area contributed by atoms with E-state index in [2.05, 4.69) is 4.90 Å². The Kier molecular flexibility index (Phi) is 4.40. The maximum Gasteiger partial charge on any atom is 0.125 e. The molecule has 0 spiro atoms. The monoisotopic (exact) mass is 235 g/mol. The SMILES string of the molecule is C[C@H](O)c1ccccc1OCCN1CCCC1. The maximum atomic E-state index is 9.62. The normalized spacial score (nSPS) is 18.2. The van der Waals surface area contributed by atoms with Crippen LogP contribution in [0.15, 0.2) is 24.3 Å².